The highest BCUT2D eigenvalue weighted by Crippen LogP contribution is 2.20. The van der Waals surface area contributed by atoms with Gasteiger partial charge in [0.15, 0.2) is 0 Å². The van der Waals surface area contributed by atoms with Gasteiger partial charge in [0.1, 0.15) is 5.82 Å². The zero-order valence-corrected chi connectivity index (χ0v) is 15.1. The molecule has 0 atom stereocenters. The average Bonchev–Trinajstić information content (AvgIpc) is 3.08. The minimum atomic E-state index is -0.631. The van der Waals surface area contributed by atoms with Crippen molar-refractivity contribution in [2.24, 2.45) is 0 Å². The fourth-order valence-electron chi connectivity index (χ4n) is 2.92. The van der Waals surface area contributed by atoms with Crippen LogP contribution in [0.5, 0.6) is 0 Å². The van der Waals surface area contributed by atoms with Gasteiger partial charge in [-0.25, -0.2) is 4.39 Å². The Kier molecular flexibility index (Phi) is 5.71. The van der Waals surface area contributed by atoms with E-state index in [1.165, 1.54) is 18.2 Å². The van der Waals surface area contributed by atoms with Crippen LogP contribution in [0.15, 0.2) is 35.7 Å². The van der Waals surface area contributed by atoms with Crippen LogP contribution < -0.4 is 5.32 Å². The van der Waals surface area contributed by atoms with Crippen molar-refractivity contribution in [1.29, 1.82) is 0 Å². The second kappa shape index (κ2) is 7.97. The number of thiophene rings is 1. The maximum absolute atomic E-state index is 13.8. The number of halogens is 2. The number of hydrogen-bond acceptors (Lipinski definition) is 3. The topological polar surface area (TPSA) is 49.4 Å². The number of nitrogens with zero attached hydrogens (tertiary/aromatic N) is 1. The monoisotopic (exact) mass is 380 g/mol. The molecule has 0 bridgehead atoms. The molecule has 1 aromatic carbocycles. The molecule has 4 nitrogen and oxygen atoms in total. The van der Waals surface area contributed by atoms with Gasteiger partial charge in [-0.05, 0) is 36.4 Å². The summed E-state index contributed by atoms with van der Waals surface area (Å²) in [6.07, 6.45) is 1.71. The number of likely N-dealkylation sites (tertiary alicyclic amines) is 1. The molecule has 2 heterocycles. The van der Waals surface area contributed by atoms with Gasteiger partial charge in [0.05, 0.1) is 17.0 Å². The van der Waals surface area contributed by atoms with Crippen molar-refractivity contribution in [3.05, 3.63) is 57.0 Å². The number of carbonyl (C=O) groups is 2. The summed E-state index contributed by atoms with van der Waals surface area (Å²) < 4.78 is 13.8. The van der Waals surface area contributed by atoms with Gasteiger partial charge in [0.25, 0.3) is 5.91 Å². The third-order valence-electron chi connectivity index (χ3n) is 4.28. The zero-order chi connectivity index (χ0) is 17.8. The van der Waals surface area contributed by atoms with Gasteiger partial charge in [-0.3, -0.25) is 9.59 Å². The maximum atomic E-state index is 13.8. The summed E-state index contributed by atoms with van der Waals surface area (Å²) in [5.74, 6) is -1.04. The summed E-state index contributed by atoms with van der Waals surface area (Å²) in [5.41, 5.74) is -0.125. The van der Waals surface area contributed by atoms with Crippen molar-refractivity contribution >= 4 is 34.8 Å². The lowest BCUT2D eigenvalue weighted by atomic mass is 10.0. The molecular weight excluding hydrogens is 363 g/mol. The first-order valence-corrected chi connectivity index (χ1v) is 9.35. The van der Waals surface area contributed by atoms with Crippen LogP contribution in [0.4, 0.5) is 4.39 Å². The first-order valence-electron chi connectivity index (χ1n) is 8.09. The Morgan fingerprint density at radius 3 is 2.64 bits per heavy atom. The van der Waals surface area contributed by atoms with Crippen molar-refractivity contribution in [1.82, 2.24) is 10.2 Å². The number of nitrogens with one attached hydrogen (secondary N) is 1. The van der Waals surface area contributed by atoms with Crippen LogP contribution in [0.2, 0.25) is 5.02 Å². The Bertz CT molecular complexity index is 738. The summed E-state index contributed by atoms with van der Waals surface area (Å²) in [6.45, 7) is 1.17. The third kappa shape index (κ3) is 4.38. The van der Waals surface area contributed by atoms with Crippen LogP contribution in [0.1, 0.15) is 28.1 Å². The summed E-state index contributed by atoms with van der Waals surface area (Å²) in [7, 11) is 0. The van der Waals surface area contributed by atoms with Crippen molar-refractivity contribution < 1.29 is 14.0 Å². The lowest BCUT2D eigenvalue weighted by Gasteiger charge is -2.32. The number of amides is 2. The molecule has 0 aliphatic carbocycles. The molecule has 25 heavy (non-hydrogen) atoms. The van der Waals surface area contributed by atoms with E-state index in [1.54, 1.807) is 11.3 Å². The van der Waals surface area contributed by atoms with Crippen LogP contribution in [-0.2, 0) is 11.2 Å². The minimum absolute atomic E-state index is 0.0889. The maximum Gasteiger partial charge on any atom is 0.255 e. The van der Waals surface area contributed by atoms with Crippen LogP contribution in [0, 0.1) is 5.82 Å². The first-order chi connectivity index (χ1) is 12.0. The SMILES string of the molecule is O=C(NC1CCN(C(=O)Cc2cccs2)CC1)c1c(F)cccc1Cl. The van der Waals surface area contributed by atoms with Crippen LogP contribution in [-0.4, -0.2) is 35.8 Å². The molecule has 1 fully saturated rings. The summed E-state index contributed by atoms with van der Waals surface area (Å²) in [6, 6.07) is 7.97. The molecule has 1 saturated heterocycles. The molecule has 1 aromatic heterocycles. The molecule has 0 spiro atoms. The number of rotatable bonds is 4. The molecular formula is C18H18ClFN2O2S. The smallest absolute Gasteiger partial charge is 0.255 e. The van der Waals surface area contributed by atoms with Gasteiger partial charge < -0.3 is 10.2 Å². The van der Waals surface area contributed by atoms with Crippen molar-refractivity contribution in [3.63, 3.8) is 0 Å². The summed E-state index contributed by atoms with van der Waals surface area (Å²) in [5, 5.41) is 4.88. The fraction of sp³-hybridized carbons (Fsp3) is 0.333. The summed E-state index contributed by atoms with van der Waals surface area (Å²) >= 11 is 7.49. The van der Waals surface area contributed by atoms with E-state index < -0.39 is 11.7 Å². The highest BCUT2D eigenvalue weighted by Gasteiger charge is 2.25. The number of carbonyl (C=O) groups excluding carboxylic acids is 2. The summed E-state index contributed by atoms with van der Waals surface area (Å²) in [4.78, 5) is 27.4. The standard InChI is InChI=1S/C18H18ClFN2O2S/c19-14-4-1-5-15(20)17(14)18(24)21-12-6-8-22(9-7-12)16(23)11-13-3-2-10-25-13/h1-5,10,12H,6-9,11H2,(H,21,24). The zero-order valence-electron chi connectivity index (χ0n) is 13.5. The Morgan fingerprint density at radius 1 is 1.24 bits per heavy atom. The van der Waals surface area contributed by atoms with Gasteiger partial charge in [0.2, 0.25) is 5.91 Å². The molecule has 132 valence electrons. The van der Waals surface area contributed by atoms with E-state index in [4.69, 9.17) is 11.6 Å². The van der Waals surface area contributed by atoms with Gasteiger partial charge in [0, 0.05) is 24.0 Å². The van der Waals surface area contributed by atoms with Crippen LogP contribution >= 0.6 is 22.9 Å². The predicted octanol–water partition coefficient (Wildman–Crippen LogP) is 3.50. The quantitative estimate of drug-likeness (QED) is 0.882. The normalized spacial score (nSPS) is 15.2. The molecule has 2 aromatic rings. The van der Waals surface area contributed by atoms with E-state index in [1.807, 2.05) is 22.4 Å². The van der Waals surface area contributed by atoms with Gasteiger partial charge in [-0.15, -0.1) is 11.3 Å². The van der Waals surface area contributed by atoms with E-state index >= 15 is 0 Å². The molecule has 7 heteroatoms. The van der Waals surface area contributed by atoms with E-state index in [2.05, 4.69) is 5.32 Å². The highest BCUT2D eigenvalue weighted by molar-refractivity contribution is 7.10. The van der Waals surface area contributed by atoms with Crippen LogP contribution in [0.25, 0.3) is 0 Å². The number of hydrogen-bond donors (Lipinski definition) is 1. The first kappa shape index (κ1) is 17.9. The second-order valence-corrected chi connectivity index (χ2v) is 7.42. The van der Waals surface area contributed by atoms with Crippen molar-refractivity contribution in [2.75, 3.05) is 13.1 Å². The van der Waals surface area contributed by atoms with E-state index in [-0.39, 0.29) is 22.5 Å². The number of piperidine rings is 1. The average molecular weight is 381 g/mol. The van der Waals surface area contributed by atoms with Crippen LogP contribution in [0.3, 0.4) is 0 Å². The second-order valence-electron chi connectivity index (χ2n) is 5.98. The Morgan fingerprint density at radius 2 is 2.00 bits per heavy atom. The highest BCUT2D eigenvalue weighted by atomic mass is 35.5. The molecule has 0 unspecified atom stereocenters. The van der Waals surface area contributed by atoms with Gasteiger partial charge in [-0.1, -0.05) is 23.7 Å². The van der Waals surface area contributed by atoms with Crippen molar-refractivity contribution in [2.45, 2.75) is 25.3 Å². The van der Waals surface area contributed by atoms with E-state index in [0.717, 1.165) is 4.88 Å². The molecule has 1 aliphatic rings. The Hall–Kier alpha value is -1.92. The molecule has 3 rings (SSSR count). The number of benzene rings is 1. The minimum Gasteiger partial charge on any atom is -0.349 e. The molecule has 1 aliphatic heterocycles. The fourth-order valence-corrected chi connectivity index (χ4v) is 3.86. The Labute approximate surface area is 154 Å². The van der Waals surface area contributed by atoms with E-state index in [0.29, 0.717) is 32.4 Å². The molecule has 0 saturated carbocycles. The molecule has 0 radical (unpaired) electrons. The van der Waals surface area contributed by atoms with Gasteiger partial charge in [-0.2, -0.15) is 0 Å². The largest absolute Gasteiger partial charge is 0.349 e. The van der Waals surface area contributed by atoms with Gasteiger partial charge >= 0.3 is 0 Å². The molecule has 2 amide bonds. The van der Waals surface area contributed by atoms with Crippen molar-refractivity contribution in [3.8, 4) is 0 Å². The predicted molar refractivity (Wildman–Crippen MR) is 96.5 cm³/mol. The van der Waals surface area contributed by atoms with E-state index in [9.17, 15) is 14.0 Å². The lowest BCUT2D eigenvalue weighted by Crippen LogP contribution is -2.47. The molecule has 1 N–H and O–H groups in total. The lowest BCUT2D eigenvalue weighted by molar-refractivity contribution is -0.131. The third-order valence-corrected chi connectivity index (χ3v) is 5.47. The Balaban J connectivity index is 1.52.